The van der Waals surface area contributed by atoms with Crippen molar-refractivity contribution in [3.05, 3.63) is 35.8 Å². The molecule has 1 aliphatic rings. The SMILES string of the molecule is COc1cc(/C(=C/N)C(C)=NC2CCN(C(=O)OC(C)(C)C)CC2)cn2ncc(C(F)(F)F)c12. The van der Waals surface area contributed by atoms with Gasteiger partial charge in [0.2, 0.25) is 0 Å². The highest BCUT2D eigenvalue weighted by Crippen LogP contribution is 2.37. The lowest BCUT2D eigenvalue weighted by molar-refractivity contribution is -0.136. The average molecular weight is 482 g/mol. The maximum atomic E-state index is 13.3. The van der Waals surface area contributed by atoms with Crippen LogP contribution in [0.1, 0.15) is 51.7 Å². The standard InChI is InChI=1S/C23H30F3N5O3/c1-14(29-16-6-8-30(9-7-16)21(32)34-22(2,3)4)17(11-27)15-10-19(33-5)20-18(23(24,25)26)12-28-31(20)13-15/h10-13,16H,6-9,27H2,1-5H3/b17-11+,29-14?. The van der Waals surface area contributed by atoms with Crippen molar-refractivity contribution in [1.29, 1.82) is 0 Å². The highest BCUT2D eigenvalue weighted by atomic mass is 19.4. The van der Waals surface area contributed by atoms with Crippen LogP contribution in [0.5, 0.6) is 5.75 Å². The third-order valence-corrected chi connectivity index (χ3v) is 5.46. The lowest BCUT2D eigenvalue weighted by Gasteiger charge is -2.32. The number of rotatable bonds is 4. The van der Waals surface area contributed by atoms with Gasteiger partial charge in [0.25, 0.3) is 0 Å². The number of piperidine rings is 1. The molecule has 3 heterocycles. The Balaban J connectivity index is 1.80. The summed E-state index contributed by atoms with van der Waals surface area (Å²) >= 11 is 0. The minimum Gasteiger partial charge on any atom is -0.494 e. The number of halogens is 3. The van der Waals surface area contributed by atoms with E-state index in [2.05, 4.69) is 5.10 Å². The number of nitrogens with two attached hydrogens (primary N) is 1. The van der Waals surface area contributed by atoms with E-state index < -0.39 is 17.3 Å². The molecule has 186 valence electrons. The van der Waals surface area contributed by atoms with Gasteiger partial charge in [0.1, 0.15) is 22.4 Å². The lowest BCUT2D eigenvalue weighted by atomic mass is 10.0. The summed E-state index contributed by atoms with van der Waals surface area (Å²) in [5.74, 6) is 0.0279. The van der Waals surface area contributed by atoms with Crippen molar-refractivity contribution in [3.8, 4) is 5.75 Å². The predicted molar refractivity (Wildman–Crippen MR) is 123 cm³/mol. The molecule has 1 saturated heterocycles. The van der Waals surface area contributed by atoms with E-state index in [9.17, 15) is 18.0 Å². The van der Waals surface area contributed by atoms with Crippen molar-refractivity contribution in [2.45, 2.75) is 58.4 Å². The first-order chi connectivity index (χ1) is 15.8. The molecule has 3 rings (SSSR count). The summed E-state index contributed by atoms with van der Waals surface area (Å²) in [4.78, 5) is 18.7. The molecule has 0 radical (unpaired) electrons. The smallest absolute Gasteiger partial charge is 0.420 e. The fourth-order valence-electron chi connectivity index (χ4n) is 3.87. The number of nitrogens with zero attached hydrogens (tertiary/aromatic N) is 4. The monoisotopic (exact) mass is 481 g/mol. The van der Waals surface area contributed by atoms with Gasteiger partial charge in [-0.25, -0.2) is 9.31 Å². The third kappa shape index (κ3) is 5.63. The number of hydrogen-bond donors (Lipinski definition) is 1. The van der Waals surface area contributed by atoms with Crippen LogP contribution >= 0.6 is 0 Å². The van der Waals surface area contributed by atoms with Gasteiger partial charge in [-0.1, -0.05) is 0 Å². The Morgan fingerprint density at radius 2 is 1.91 bits per heavy atom. The van der Waals surface area contributed by atoms with Crippen LogP contribution in [-0.2, 0) is 10.9 Å². The number of fused-ring (bicyclic) bond motifs is 1. The third-order valence-electron chi connectivity index (χ3n) is 5.46. The quantitative estimate of drug-likeness (QED) is 0.648. The topological polar surface area (TPSA) is 94.5 Å². The first kappa shape index (κ1) is 25.4. The molecule has 2 aromatic rings. The normalized spacial score (nSPS) is 16.8. The maximum Gasteiger partial charge on any atom is 0.420 e. The highest BCUT2D eigenvalue weighted by molar-refractivity contribution is 6.22. The molecule has 34 heavy (non-hydrogen) atoms. The molecular weight excluding hydrogens is 451 g/mol. The van der Waals surface area contributed by atoms with Crippen molar-refractivity contribution in [2.24, 2.45) is 10.7 Å². The number of hydrogen-bond acceptors (Lipinski definition) is 6. The van der Waals surface area contributed by atoms with E-state index in [1.165, 1.54) is 25.6 Å². The number of methoxy groups -OCH3 is 1. The summed E-state index contributed by atoms with van der Waals surface area (Å²) < 4.78 is 51.8. The maximum absolute atomic E-state index is 13.3. The molecule has 0 spiro atoms. The Morgan fingerprint density at radius 3 is 2.44 bits per heavy atom. The van der Waals surface area contributed by atoms with Crippen LogP contribution in [0.3, 0.4) is 0 Å². The van der Waals surface area contributed by atoms with Gasteiger partial charge in [0.05, 0.1) is 19.3 Å². The second kappa shape index (κ2) is 9.55. The Morgan fingerprint density at radius 1 is 1.26 bits per heavy atom. The second-order valence-corrected chi connectivity index (χ2v) is 9.14. The summed E-state index contributed by atoms with van der Waals surface area (Å²) in [6.45, 7) is 8.30. The van der Waals surface area contributed by atoms with Crippen molar-refractivity contribution in [2.75, 3.05) is 20.2 Å². The minimum absolute atomic E-state index is 0.0270. The van der Waals surface area contributed by atoms with E-state index in [1.807, 2.05) is 20.8 Å². The zero-order chi connectivity index (χ0) is 25.3. The molecule has 0 atom stereocenters. The molecule has 1 amide bonds. The van der Waals surface area contributed by atoms with Gasteiger partial charge in [-0.15, -0.1) is 0 Å². The van der Waals surface area contributed by atoms with Crippen molar-refractivity contribution in [1.82, 2.24) is 14.5 Å². The number of amides is 1. The number of aliphatic imine (C=N–C) groups is 1. The summed E-state index contributed by atoms with van der Waals surface area (Å²) in [5.41, 5.74) is 5.98. The molecule has 0 bridgehead atoms. The van der Waals surface area contributed by atoms with Crippen molar-refractivity contribution >= 4 is 22.9 Å². The van der Waals surface area contributed by atoms with Gasteiger partial charge >= 0.3 is 12.3 Å². The summed E-state index contributed by atoms with van der Waals surface area (Å²) in [7, 11) is 1.30. The number of aromatic nitrogens is 2. The fourth-order valence-corrected chi connectivity index (χ4v) is 3.87. The average Bonchev–Trinajstić information content (AvgIpc) is 3.17. The number of ether oxygens (including phenoxy) is 2. The number of carbonyl (C=O) groups excluding carboxylic acids is 1. The Labute approximate surface area is 196 Å². The van der Waals surface area contributed by atoms with Crippen LogP contribution in [-0.4, -0.2) is 58.2 Å². The molecular formula is C23H30F3N5O3. The number of pyridine rings is 1. The number of carbonyl (C=O) groups is 1. The van der Waals surface area contributed by atoms with E-state index >= 15 is 0 Å². The van der Waals surface area contributed by atoms with Gasteiger partial charge in [-0.3, -0.25) is 4.99 Å². The molecule has 1 aliphatic heterocycles. The zero-order valence-corrected chi connectivity index (χ0v) is 19.9. The van der Waals surface area contributed by atoms with Gasteiger partial charge in [-0.2, -0.15) is 18.3 Å². The van der Waals surface area contributed by atoms with E-state index in [1.54, 1.807) is 11.8 Å². The minimum atomic E-state index is -4.56. The Bertz CT molecular complexity index is 1110. The van der Waals surface area contributed by atoms with Crippen molar-refractivity contribution in [3.63, 3.8) is 0 Å². The second-order valence-electron chi connectivity index (χ2n) is 9.14. The van der Waals surface area contributed by atoms with Crippen LogP contribution in [0.4, 0.5) is 18.0 Å². The summed E-state index contributed by atoms with van der Waals surface area (Å²) in [6.07, 6.45) is 0.0171. The van der Waals surface area contributed by atoms with Crippen molar-refractivity contribution < 1.29 is 27.4 Å². The fraction of sp³-hybridized carbons (Fsp3) is 0.522. The molecule has 2 N–H and O–H groups in total. The van der Waals surface area contributed by atoms with Crippen LogP contribution in [0.2, 0.25) is 0 Å². The molecule has 0 saturated carbocycles. The van der Waals surface area contributed by atoms with Crippen LogP contribution in [0, 0.1) is 0 Å². The van der Waals surface area contributed by atoms with E-state index in [0.29, 0.717) is 42.8 Å². The lowest BCUT2D eigenvalue weighted by Crippen LogP contribution is -2.42. The first-order valence-electron chi connectivity index (χ1n) is 10.9. The van der Waals surface area contributed by atoms with Crippen LogP contribution in [0.25, 0.3) is 11.1 Å². The van der Waals surface area contributed by atoms with E-state index in [0.717, 1.165) is 10.7 Å². The summed E-state index contributed by atoms with van der Waals surface area (Å²) in [6, 6.07) is 1.47. The highest BCUT2D eigenvalue weighted by Gasteiger charge is 2.36. The molecule has 2 aromatic heterocycles. The predicted octanol–water partition coefficient (Wildman–Crippen LogP) is 4.52. The zero-order valence-electron chi connectivity index (χ0n) is 19.9. The Kier molecular flexibility index (Phi) is 7.13. The van der Waals surface area contributed by atoms with E-state index in [4.69, 9.17) is 20.2 Å². The molecule has 8 nitrogen and oxygen atoms in total. The Hall–Kier alpha value is -3.24. The van der Waals surface area contributed by atoms with Gasteiger partial charge in [-0.05, 0) is 46.6 Å². The number of alkyl halides is 3. The van der Waals surface area contributed by atoms with E-state index in [-0.39, 0.29) is 23.4 Å². The van der Waals surface area contributed by atoms with Gasteiger partial charge in [0, 0.05) is 42.3 Å². The first-order valence-corrected chi connectivity index (χ1v) is 10.9. The molecule has 0 aromatic carbocycles. The number of likely N-dealkylation sites (tertiary alicyclic amines) is 1. The molecule has 11 heteroatoms. The van der Waals surface area contributed by atoms with Crippen LogP contribution in [0.15, 0.2) is 29.7 Å². The largest absolute Gasteiger partial charge is 0.494 e. The van der Waals surface area contributed by atoms with Gasteiger partial charge in [0.15, 0.2) is 0 Å². The van der Waals surface area contributed by atoms with Gasteiger partial charge < -0.3 is 20.1 Å². The number of allylic oxidation sites excluding steroid dienone is 1. The summed E-state index contributed by atoms with van der Waals surface area (Å²) in [5, 5.41) is 3.86. The molecule has 0 aliphatic carbocycles. The molecule has 1 fully saturated rings. The van der Waals surface area contributed by atoms with Crippen LogP contribution < -0.4 is 10.5 Å². The molecule has 0 unspecified atom stereocenters.